The van der Waals surface area contributed by atoms with Crippen molar-refractivity contribution in [2.45, 2.75) is 44.4 Å². The fraction of sp³-hybridized carbons (Fsp3) is 0.104. The van der Waals surface area contributed by atoms with Gasteiger partial charge in [0.2, 0.25) is 0 Å². The second-order valence-electron chi connectivity index (χ2n) is 19.5. The van der Waals surface area contributed by atoms with Gasteiger partial charge in [0.05, 0.1) is 0 Å². The van der Waals surface area contributed by atoms with E-state index in [0.717, 1.165) is 52.9 Å². The predicted molar refractivity (Wildman–Crippen MR) is 289 cm³/mol. The van der Waals surface area contributed by atoms with Crippen LogP contribution in [0.3, 0.4) is 0 Å². The molecule has 0 N–H and O–H groups in total. The van der Waals surface area contributed by atoms with E-state index < -0.39 is 0 Å². The molecule has 0 spiro atoms. The summed E-state index contributed by atoms with van der Waals surface area (Å²) in [5.74, 6) is 0.299. The van der Waals surface area contributed by atoms with E-state index in [9.17, 15) is 0 Å². The minimum absolute atomic E-state index is 0.151. The van der Waals surface area contributed by atoms with Crippen LogP contribution in [-0.4, -0.2) is 0 Å². The van der Waals surface area contributed by atoms with Crippen molar-refractivity contribution < 1.29 is 4.42 Å². The smallest absolute Gasteiger partial charge is 0.136 e. The Hall–Kier alpha value is -8.20. The molecule has 1 unspecified atom stereocenters. The third kappa shape index (κ3) is 7.01. The molecule has 2 nitrogen and oxygen atoms in total. The first kappa shape index (κ1) is 41.0. The van der Waals surface area contributed by atoms with Crippen LogP contribution in [0.2, 0.25) is 0 Å². The molecule has 69 heavy (non-hydrogen) atoms. The maximum absolute atomic E-state index is 6.87. The molecule has 0 aliphatic heterocycles. The van der Waals surface area contributed by atoms with Gasteiger partial charge in [-0.15, -0.1) is 0 Å². The minimum atomic E-state index is -0.151. The molecule has 2 heteroatoms. The molecule has 1 heterocycles. The van der Waals surface area contributed by atoms with Crippen molar-refractivity contribution in [1.29, 1.82) is 0 Å². The number of benzene rings is 10. The fourth-order valence-electron chi connectivity index (χ4n) is 11.8. The lowest BCUT2D eigenvalue weighted by Gasteiger charge is -2.28. The Bertz CT molecular complexity index is 3710. The normalized spacial score (nSPS) is 14.4. The minimum Gasteiger partial charge on any atom is -0.456 e. The number of hydrogen-bond acceptors (Lipinski definition) is 2. The number of rotatable bonds is 8. The largest absolute Gasteiger partial charge is 0.456 e. The molecule has 13 rings (SSSR count). The van der Waals surface area contributed by atoms with Gasteiger partial charge in [-0.05, 0) is 158 Å². The van der Waals surface area contributed by atoms with E-state index in [0.29, 0.717) is 5.92 Å². The van der Waals surface area contributed by atoms with Gasteiger partial charge >= 0.3 is 0 Å². The standard InChI is InChI=1S/C67H51NO/c1-67(2)60-27-14-12-25-56(60)57-37-33-50(41-61(57)67)65-64-51(42-63-66(65)58-26-13-15-28-62(58)69-63)30-29-49(39-44-17-6-3-7-18-44)55-38-36-54(43-59(55)64)68(52-34-31-47(32-35-52)45-19-8-4-9-20-45)53-24-16-23-48(40-53)46-21-10-5-11-22-46/h3-28,31-38,40-43,49H,29-30,39H2,1-2H3. The first-order valence-corrected chi connectivity index (χ1v) is 24.5. The number of aryl methyl sites for hydroxylation is 1. The molecule has 0 fully saturated rings. The number of hydrogen-bond donors (Lipinski definition) is 0. The van der Waals surface area contributed by atoms with Crippen LogP contribution in [0.4, 0.5) is 17.1 Å². The van der Waals surface area contributed by atoms with E-state index >= 15 is 0 Å². The van der Waals surface area contributed by atoms with Crippen LogP contribution in [0.5, 0.6) is 0 Å². The summed E-state index contributed by atoms with van der Waals surface area (Å²) in [5.41, 5.74) is 24.4. The molecule has 1 atom stereocenters. The average Bonchev–Trinajstić information content (AvgIpc) is 3.83. The van der Waals surface area contributed by atoms with Gasteiger partial charge in [-0.25, -0.2) is 0 Å². The van der Waals surface area contributed by atoms with Crippen LogP contribution >= 0.6 is 0 Å². The second kappa shape index (κ2) is 16.5. The van der Waals surface area contributed by atoms with E-state index in [-0.39, 0.29) is 5.41 Å². The Morgan fingerprint density at radius 2 is 1.07 bits per heavy atom. The number of nitrogens with zero attached hydrogens (tertiary/aromatic N) is 1. The van der Waals surface area contributed by atoms with E-state index in [4.69, 9.17) is 4.42 Å². The maximum Gasteiger partial charge on any atom is 0.136 e. The lowest BCUT2D eigenvalue weighted by atomic mass is 9.80. The van der Waals surface area contributed by atoms with Gasteiger partial charge in [0.25, 0.3) is 0 Å². The summed E-state index contributed by atoms with van der Waals surface area (Å²) in [7, 11) is 0. The molecule has 0 amide bonds. The van der Waals surface area contributed by atoms with E-state index in [1.165, 1.54) is 88.8 Å². The second-order valence-corrected chi connectivity index (χ2v) is 19.5. The first-order valence-electron chi connectivity index (χ1n) is 24.5. The number of anilines is 3. The van der Waals surface area contributed by atoms with Gasteiger partial charge in [0, 0.05) is 38.8 Å². The highest BCUT2D eigenvalue weighted by molar-refractivity contribution is 6.17. The molecule has 2 aliphatic rings. The van der Waals surface area contributed by atoms with E-state index in [1.54, 1.807) is 0 Å². The van der Waals surface area contributed by atoms with Crippen LogP contribution < -0.4 is 4.90 Å². The van der Waals surface area contributed by atoms with Crippen molar-refractivity contribution in [3.05, 3.63) is 258 Å². The van der Waals surface area contributed by atoms with Crippen molar-refractivity contribution >= 4 is 39.0 Å². The first-order chi connectivity index (χ1) is 34.0. The lowest BCUT2D eigenvalue weighted by Crippen LogP contribution is -2.15. The molecule has 0 saturated heterocycles. The summed E-state index contributed by atoms with van der Waals surface area (Å²) < 4.78 is 6.87. The van der Waals surface area contributed by atoms with E-state index in [2.05, 4.69) is 249 Å². The summed E-state index contributed by atoms with van der Waals surface area (Å²) in [5, 5.41) is 2.33. The van der Waals surface area contributed by atoms with Crippen molar-refractivity contribution in [2.24, 2.45) is 0 Å². The Morgan fingerprint density at radius 3 is 1.87 bits per heavy atom. The summed E-state index contributed by atoms with van der Waals surface area (Å²) in [4.78, 5) is 2.46. The fourth-order valence-corrected chi connectivity index (χ4v) is 11.8. The van der Waals surface area contributed by atoms with Crippen LogP contribution in [0.15, 0.2) is 235 Å². The molecule has 0 bridgehead atoms. The van der Waals surface area contributed by atoms with E-state index in [1.807, 2.05) is 0 Å². The highest BCUT2D eigenvalue weighted by Gasteiger charge is 2.36. The van der Waals surface area contributed by atoms with Gasteiger partial charge < -0.3 is 9.32 Å². The summed E-state index contributed by atoms with van der Waals surface area (Å²) in [6.07, 6.45) is 2.92. The molecular formula is C67H51NO. The van der Waals surface area contributed by atoms with Crippen molar-refractivity contribution in [1.82, 2.24) is 0 Å². The van der Waals surface area contributed by atoms with Crippen molar-refractivity contribution in [2.75, 3.05) is 4.90 Å². The lowest BCUT2D eigenvalue weighted by molar-refractivity contribution is 0.627. The summed E-state index contributed by atoms with van der Waals surface area (Å²) >= 11 is 0. The molecule has 2 aliphatic carbocycles. The number of fused-ring (bicyclic) bond motifs is 9. The Balaban J connectivity index is 1.08. The molecule has 0 radical (unpaired) electrons. The zero-order valence-corrected chi connectivity index (χ0v) is 39.0. The summed E-state index contributed by atoms with van der Waals surface area (Å²) in [6.45, 7) is 4.78. The van der Waals surface area contributed by atoms with Crippen LogP contribution in [0, 0.1) is 0 Å². The molecule has 330 valence electrons. The topological polar surface area (TPSA) is 16.4 Å². The van der Waals surface area contributed by atoms with Gasteiger partial charge in [-0.3, -0.25) is 0 Å². The third-order valence-corrected chi connectivity index (χ3v) is 15.2. The quantitative estimate of drug-likeness (QED) is 0.151. The van der Waals surface area contributed by atoms with Crippen LogP contribution in [-0.2, 0) is 18.3 Å². The predicted octanol–water partition coefficient (Wildman–Crippen LogP) is 18.3. The van der Waals surface area contributed by atoms with Gasteiger partial charge in [0.1, 0.15) is 11.2 Å². The Morgan fingerprint density at radius 1 is 0.449 bits per heavy atom. The Kier molecular flexibility index (Phi) is 9.83. The molecule has 0 saturated carbocycles. The molecule has 11 aromatic rings. The van der Waals surface area contributed by atoms with Gasteiger partial charge in [0.15, 0.2) is 0 Å². The summed E-state index contributed by atoms with van der Waals surface area (Å²) in [6, 6.07) is 85.2. The SMILES string of the molecule is CC1(C)c2ccccc2-c2ccc(-c3c4c(cc5oc6ccccc6c35)CCC(Cc3ccccc3)c3ccc(N(c5ccc(-c6ccccc6)cc5)c5cccc(-c6ccccc6)c5)cc3-4)cc21. The van der Waals surface area contributed by atoms with Crippen molar-refractivity contribution in [3.8, 4) is 55.6 Å². The van der Waals surface area contributed by atoms with Gasteiger partial charge in [-0.2, -0.15) is 0 Å². The molecular weight excluding hydrogens is 835 g/mol. The maximum atomic E-state index is 6.87. The monoisotopic (exact) mass is 885 g/mol. The molecule has 1 aromatic heterocycles. The highest BCUT2D eigenvalue weighted by Crippen LogP contribution is 2.54. The number of furan rings is 1. The average molecular weight is 886 g/mol. The van der Waals surface area contributed by atoms with Crippen molar-refractivity contribution in [3.63, 3.8) is 0 Å². The third-order valence-electron chi connectivity index (χ3n) is 15.2. The zero-order valence-electron chi connectivity index (χ0n) is 39.0. The van der Waals surface area contributed by atoms with Crippen LogP contribution in [0.25, 0.3) is 77.6 Å². The highest BCUT2D eigenvalue weighted by atomic mass is 16.3. The van der Waals surface area contributed by atoms with Crippen LogP contribution in [0.1, 0.15) is 54.0 Å². The molecule has 10 aromatic carbocycles. The number of para-hydroxylation sites is 1. The van der Waals surface area contributed by atoms with Gasteiger partial charge in [-0.1, -0.05) is 190 Å². The Labute approximate surface area is 404 Å². The zero-order chi connectivity index (χ0) is 46.1.